The summed E-state index contributed by atoms with van der Waals surface area (Å²) in [6.45, 7) is 3.32. The van der Waals surface area contributed by atoms with Gasteiger partial charge in [0.05, 0.1) is 11.1 Å². The molecule has 0 radical (unpaired) electrons. The fourth-order valence-electron chi connectivity index (χ4n) is 1.72. The van der Waals surface area contributed by atoms with Crippen molar-refractivity contribution in [3.63, 3.8) is 0 Å². The first kappa shape index (κ1) is 13.9. The van der Waals surface area contributed by atoms with Crippen molar-refractivity contribution < 1.29 is 19.8 Å². The summed E-state index contributed by atoms with van der Waals surface area (Å²) in [4.78, 5) is 26.2. The molecule has 96 valence electrons. The van der Waals surface area contributed by atoms with Crippen LogP contribution in [0.2, 0.25) is 0 Å². The minimum absolute atomic E-state index is 0.0585. The summed E-state index contributed by atoms with van der Waals surface area (Å²) >= 11 is 0. The van der Waals surface area contributed by atoms with Crippen molar-refractivity contribution in [2.75, 3.05) is 0 Å². The Labute approximate surface area is 105 Å². The summed E-state index contributed by atoms with van der Waals surface area (Å²) in [6, 6.07) is 3.40. The zero-order valence-corrected chi connectivity index (χ0v) is 10.3. The van der Waals surface area contributed by atoms with E-state index in [2.05, 4.69) is 4.98 Å². The molecule has 0 spiro atoms. The van der Waals surface area contributed by atoms with E-state index in [9.17, 15) is 9.59 Å². The molecule has 5 nitrogen and oxygen atoms in total. The van der Waals surface area contributed by atoms with Crippen LogP contribution in [0.15, 0.2) is 35.7 Å². The van der Waals surface area contributed by atoms with Gasteiger partial charge in [-0.25, -0.2) is 9.59 Å². The number of aliphatic carboxylic acids is 2. The normalized spacial score (nSPS) is 12.2. The zero-order valence-electron chi connectivity index (χ0n) is 10.3. The van der Waals surface area contributed by atoms with Crippen LogP contribution in [0, 0.1) is 5.92 Å². The molecule has 0 aliphatic carbocycles. The number of carboxylic acids is 2. The molecule has 0 saturated heterocycles. The van der Waals surface area contributed by atoms with E-state index in [-0.39, 0.29) is 23.5 Å². The monoisotopic (exact) mass is 249 g/mol. The second kappa shape index (κ2) is 5.95. The zero-order chi connectivity index (χ0) is 13.7. The molecule has 0 unspecified atom stereocenters. The lowest BCUT2D eigenvalue weighted by Crippen LogP contribution is -2.17. The summed E-state index contributed by atoms with van der Waals surface area (Å²) in [5, 5.41) is 18.3. The number of pyridine rings is 1. The highest BCUT2D eigenvalue weighted by atomic mass is 16.4. The predicted molar refractivity (Wildman–Crippen MR) is 65.1 cm³/mol. The summed E-state index contributed by atoms with van der Waals surface area (Å²) in [5.74, 6) is -2.75. The number of carboxylic acid groups (broad SMARTS) is 2. The summed E-state index contributed by atoms with van der Waals surface area (Å²) in [6.07, 6.45) is 3.17. The van der Waals surface area contributed by atoms with Gasteiger partial charge in [0.2, 0.25) is 0 Å². The van der Waals surface area contributed by atoms with Crippen LogP contribution in [0.3, 0.4) is 0 Å². The largest absolute Gasteiger partial charge is 0.478 e. The molecular formula is C13H15NO4. The van der Waals surface area contributed by atoms with Gasteiger partial charge in [0.1, 0.15) is 0 Å². The third kappa shape index (κ3) is 3.41. The van der Waals surface area contributed by atoms with Gasteiger partial charge in [-0.2, -0.15) is 0 Å². The van der Waals surface area contributed by atoms with Crippen molar-refractivity contribution in [2.24, 2.45) is 5.92 Å². The second-order valence-corrected chi connectivity index (χ2v) is 4.20. The van der Waals surface area contributed by atoms with Gasteiger partial charge in [-0.1, -0.05) is 19.9 Å². The lowest BCUT2D eigenvalue weighted by Gasteiger charge is -2.11. The Balaban J connectivity index is 3.21. The first-order valence-electron chi connectivity index (χ1n) is 5.52. The molecule has 0 atom stereocenters. The molecule has 2 N–H and O–H groups in total. The van der Waals surface area contributed by atoms with Crippen LogP contribution in [-0.2, 0) is 16.0 Å². The fourth-order valence-corrected chi connectivity index (χ4v) is 1.72. The highest BCUT2D eigenvalue weighted by Gasteiger charge is 2.22. The summed E-state index contributed by atoms with van der Waals surface area (Å²) < 4.78 is 0. The van der Waals surface area contributed by atoms with Gasteiger partial charge in [-0.05, 0) is 17.5 Å². The molecule has 1 rings (SSSR count). The maximum Gasteiger partial charge on any atom is 0.332 e. The molecular weight excluding hydrogens is 234 g/mol. The van der Waals surface area contributed by atoms with Gasteiger partial charge in [-0.15, -0.1) is 0 Å². The Morgan fingerprint density at radius 2 is 1.94 bits per heavy atom. The Hall–Kier alpha value is -2.17. The minimum Gasteiger partial charge on any atom is -0.478 e. The molecule has 0 aliphatic heterocycles. The van der Waals surface area contributed by atoms with Crippen molar-refractivity contribution in [1.82, 2.24) is 4.98 Å². The SMILES string of the molecule is CC(C)C(C(=O)O)=C(Cc1cccnc1)C(=O)O. The third-order valence-electron chi connectivity index (χ3n) is 2.49. The standard InChI is InChI=1S/C13H15NO4/c1-8(2)11(13(17)18)10(12(15)16)6-9-4-3-5-14-7-9/h3-5,7-8H,6H2,1-2H3,(H,15,16)(H,17,18). The van der Waals surface area contributed by atoms with Crippen LogP contribution in [0.1, 0.15) is 19.4 Å². The van der Waals surface area contributed by atoms with Crippen LogP contribution < -0.4 is 0 Å². The van der Waals surface area contributed by atoms with E-state index >= 15 is 0 Å². The average Bonchev–Trinajstić information content (AvgIpc) is 2.28. The number of rotatable bonds is 5. The van der Waals surface area contributed by atoms with Crippen molar-refractivity contribution in [1.29, 1.82) is 0 Å². The number of aromatic nitrogens is 1. The molecule has 1 aromatic heterocycles. The van der Waals surface area contributed by atoms with E-state index in [0.717, 1.165) is 0 Å². The lowest BCUT2D eigenvalue weighted by molar-refractivity contribution is -0.136. The molecule has 5 heteroatoms. The van der Waals surface area contributed by atoms with E-state index in [1.54, 1.807) is 32.2 Å². The average molecular weight is 249 g/mol. The van der Waals surface area contributed by atoms with Gasteiger partial charge in [0.25, 0.3) is 0 Å². The maximum atomic E-state index is 11.2. The van der Waals surface area contributed by atoms with E-state index in [4.69, 9.17) is 10.2 Å². The van der Waals surface area contributed by atoms with Crippen LogP contribution in [-0.4, -0.2) is 27.1 Å². The van der Waals surface area contributed by atoms with Crippen LogP contribution in [0.25, 0.3) is 0 Å². The highest BCUT2D eigenvalue weighted by Crippen LogP contribution is 2.19. The van der Waals surface area contributed by atoms with Crippen molar-refractivity contribution in [3.8, 4) is 0 Å². The number of carbonyl (C=O) groups is 2. The van der Waals surface area contributed by atoms with E-state index < -0.39 is 11.9 Å². The van der Waals surface area contributed by atoms with Gasteiger partial charge in [0.15, 0.2) is 0 Å². The fraction of sp³-hybridized carbons (Fsp3) is 0.308. The number of hydrogen-bond donors (Lipinski definition) is 2. The number of nitrogens with zero attached hydrogens (tertiary/aromatic N) is 1. The Morgan fingerprint density at radius 1 is 1.28 bits per heavy atom. The molecule has 1 aromatic rings. The predicted octanol–water partition coefficient (Wildman–Crippen LogP) is 1.75. The maximum absolute atomic E-state index is 11.2. The van der Waals surface area contributed by atoms with Gasteiger partial charge in [0, 0.05) is 18.8 Å². The van der Waals surface area contributed by atoms with Gasteiger partial charge >= 0.3 is 11.9 Å². The highest BCUT2D eigenvalue weighted by molar-refractivity contribution is 5.99. The smallest absolute Gasteiger partial charge is 0.332 e. The van der Waals surface area contributed by atoms with Gasteiger partial charge < -0.3 is 10.2 Å². The minimum atomic E-state index is -1.20. The Kier molecular flexibility index (Phi) is 4.59. The van der Waals surface area contributed by atoms with E-state index in [1.165, 1.54) is 6.20 Å². The first-order valence-corrected chi connectivity index (χ1v) is 5.52. The molecule has 0 saturated carbocycles. The quantitative estimate of drug-likeness (QED) is 0.776. The topological polar surface area (TPSA) is 87.5 Å². The molecule has 1 heterocycles. The van der Waals surface area contributed by atoms with Crippen LogP contribution in [0.4, 0.5) is 0 Å². The molecule has 0 bridgehead atoms. The lowest BCUT2D eigenvalue weighted by atomic mass is 9.93. The van der Waals surface area contributed by atoms with Crippen molar-refractivity contribution in [3.05, 3.63) is 41.2 Å². The van der Waals surface area contributed by atoms with Crippen molar-refractivity contribution >= 4 is 11.9 Å². The van der Waals surface area contributed by atoms with Crippen molar-refractivity contribution in [2.45, 2.75) is 20.3 Å². The molecule has 0 aliphatic rings. The van der Waals surface area contributed by atoms with Crippen LogP contribution in [0.5, 0.6) is 0 Å². The molecule has 0 fully saturated rings. The van der Waals surface area contributed by atoms with Gasteiger partial charge in [-0.3, -0.25) is 4.98 Å². The van der Waals surface area contributed by atoms with E-state index in [0.29, 0.717) is 5.56 Å². The number of hydrogen-bond acceptors (Lipinski definition) is 3. The third-order valence-corrected chi connectivity index (χ3v) is 2.49. The molecule has 18 heavy (non-hydrogen) atoms. The summed E-state index contributed by atoms with van der Waals surface area (Å²) in [5.41, 5.74) is 0.520. The molecule has 0 amide bonds. The Morgan fingerprint density at radius 3 is 2.33 bits per heavy atom. The second-order valence-electron chi connectivity index (χ2n) is 4.20. The Bertz CT molecular complexity index is 477. The first-order chi connectivity index (χ1) is 8.43. The summed E-state index contributed by atoms with van der Waals surface area (Å²) in [7, 11) is 0. The van der Waals surface area contributed by atoms with Crippen LogP contribution >= 0.6 is 0 Å². The van der Waals surface area contributed by atoms with E-state index in [1.807, 2.05) is 0 Å². The molecule has 0 aromatic carbocycles.